The Kier molecular flexibility index (Phi) is 4.32. The Labute approximate surface area is 146 Å². The average molecular weight is 367 g/mol. The maximum Gasteiger partial charge on any atom is 0.238 e. The molecule has 0 amide bonds. The van der Waals surface area contributed by atoms with E-state index in [1.54, 1.807) is 30.5 Å². The molecule has 2 N–H and O–H groups in total. The summed E-state index contributed by atoms with van der Waals surface area (Å²) in [6.07, 6.45) is 1.55. The fraction of sp³-hybridized carbons (Fsp3) is 0.353. The van der Waals surface area contributed by atoms with Crippen LogP contribution in [-0.2, 0) is 10.0 Å². The molecule has 0 radical (unpaired) electrons. The molecule has 24 heavy (non-hydrogen) atoms. The summed E-state index contributed by atoms with van der Waals surface area (Å²) in [5.41, 5.74) is 1.17. The maximum atomic E-state index is 11.3. The third-order valence-electron chi connectivity index (χ3n) is 4.73. The highest BCUT2D eigenvalue weighted by atomic mass is 35.5. The summed E-state index contributed by atoms with van der Waals surface area (Å²) in [6, 6.07) is 10.2. The minimum atomic E-state index is -3.66. The van der Waals surface area contributed by atoms with Crippen LogP contribution in [0.15, 0.2) is 47.5 Å². The van der Waals surface area contributed by atoms with Crippen LogP contribution in [0.25, 0.3) is 0 Å². The molecule has 0 saturated heterocycles. The lowest BCUT2D eigenvalue weighted by Gasteiger charge is -2.05. The molecule has 5 nitrogen and oxygen atoms in total. The van der Waals surface area contributed by atoms with E-state index in [9.17, 15) is 8.42 Å². The van der Waals surface area contributed by atoms with E-state index < -0.39 is 10.0 Å². The molecule has 0 aliphatic heterocycles. The van der Waals surface area contributed by atoms with Gasteiger partial charge < -0.3 is 4.74 Å². The number of rotatable bonds is 5. The number of pyridine rings is 1. The van der Waals surface area contributed by atoms with Gasteiger partial charge in [-0.15, -0.1) is 0 Å². The van der Waals surface area contributed by atoms with E-state index >= 15 is 0 Å². The monoisotopic (exact) mass is 366 g/mol. The van der Waals surface area contributed by atoms with Crippen LogP contribution in [0.1, 0.15) is 25.3 Å². The topological polar surface area (TPSA) is 82.3 Å². The number of hydrogen-bond donors (Lipinski definition) is 1. The Balaban J connectivity index is 1.69. The minimum Gasteiger partial charge on any atom is -0.477 e. The number of benzene rings is 1. The lowest BCUT2D eigenvalue weighted by Crippen LogP contribution is -2.11. The van der Waals surface area contributed by atoms with E-state index in [0.29, 0.717) is 29.3 Å². The van der Waals surface area contributed by atoms with Crippen LogP contribution in [0.5, 0.6) is 5.88 Å². The lowest BCUT2D eigenvalue weighted by molar-refractivity contribution is 0.269. The molecule has 2 atom stereocenters. The Bertz CT molecular complexity index is 833. The molecular formula is C17H19ClN2O3S. The minimum absolute atomic E-state index is 0.0789. The quantitative estimate of drug-likeness (QED) is 0.880. The zero-order valence-electron chi connectivity index (χ0n) is 13.4. The second-order valence-electron chi connectivity index (χ2n) is 6.65. The van der Waals surface area contributed by atoms with Crippen LogP contribution in [0.2, 0.25) is 5.02 Å². The number of aromatic nitrogens is 1. The highest BCUT2D eigenvalue weighted by Gasteiger charge is 2.58. The van der Waals surface area contributed by atoms with Gasteiger partial charge in [0.25, 0.3) is 0 Å². The smallest absolute Gasteiger partial charge is 0.238 e. The summed E-state index contributed by atoms with van der Waals surface area (Å²) < 4.78 is 28.5. The third-order valence-corrected chi connectivity index (χ3v) is 5.88. The number of nitrogens with zero attached hydrogens (tertiary/aromatic N) is 1. The fourth-order valence-corrected chi connectivity index (χ4v) is 3.83. The van der Waals surface area contributed by atoms with E-state index in [1.807, 2.05) is 12.1 Å². The molecule has 1 aromatic heterocycles. The van der Waals surface area contributed by atoms with Crippen molar-refractivity contribution in [3.8, 4) is 5.88 Å². The van der Waals surface area contributed by atoms with Crippen LogP contribution in [-0.4, -0.2) is 20.0 Å². The first-order valence-corrected chi connectivity index (χ1v) is 9.49. The first kappa shape index (κ1) is 17.2. The summed E-state index contributed by atoms with van der Waals surface area (Å²) >= 11 is 5.81. The number of nitrogens with two attached hydrogens (primary N) is 1. The zero-order valence-corrected chi connectivity index (χ0v) is 15.0. The van der Waals surface area contributed by atoms with E-state index in [4.69, 9.17) is 21.5 Å². The molecule has 1 heterocycles. The molecule has 1 aliphatic carbocycles. The number of halogens is 1. The summed E-state index contributed by atoms with van der Waals surface area (Å²) in [5, 5.41) is 5.71. The van der Waals surface area contributed by atoms with Crippen LogP contribution < -0.4 is 9.88 Å². The molecule has 0 unspecified atom stereocenters. The molecular weight excluding hydrogens is 348 g/mol. The lowest BCUT2D eigenvalue weighted by atomic mass is 10.0. The standard InChI is InChI=1S/C17H19ClN2O3S/c1-17(2)14(10-23-15-8-5-12(18)9-20-15)16(17)11-3-6-13(7-4-11)24(19,21)22/h3-9,14,16H,10H2,1-2H3,(H2,19,21,22)/t14-,16-/m1/s1. The number of primary sulfonamides is 1. The Morgan fingerprint density at radius 3 is 2.42 bits per heavy atom. The van der Waals surface area contributed by atoms with Gasteiger partial charge >= 0.3 is 0 Å². The summed E-state index contributed by atoms with van der Waals surface area (Å²) in [6.45, 7) is 4.90. The molecule has 128 valence electrons. The van der Waals surface area contributed by atoms with Gasteiger partial charge in [0.15, 0.2) is 0 Å². The fourth-order valence-electron chi connectivity index (χ4n) is 3.20. The molecule has 3 rings (SSSR count). The van der Waals surface area contributed by atoms with Crippen LogP contribution in [0.3, 0.4) is 0 Å². The van der Waals surface area contributed by atoms with Crippen LogP contribution in [0.4, 0.5) is 0 Å². The first-order chi connectivity index (χ1) is 11.2. The van der Waals surface area contributed by atoms with Crippen molar-refractivity contribution in [3.63, 3.8) is 0 Å². The zero-order chi connectivity index (χ0) is 17.5. The second-order valence-corrected chi connectivity index (χ2v) is 8.64. The van der Waals surface area contributed by atoms with Gasteiger partial charge in [0.05, 0.1) is 16.5 Å². The Morgan fingerprint density at radius 2 is 1.88 bits per heavy atom. The molecule has 2 aromatic rings. The van der Waals surface area contributed by atoms with Gasteiger partial charge in [-0.3, -0.25) is 0 Å². The van der Waals surface area contributed by atoms with Crippen molar-refractivity contribution in [2.75, 3.05) is 6.61 Å². The van der Waals surface area contributed by atoms with Crippen molar-refractivity contribution in [1.29, 1.82) is 0 Å². The average Bonchev–Trinajstić information content (AvgIpc) is 3.07. The van der Waals surface area contributed by atoms with E-state index in [2.05, 4.69) is 18.8 Å². The van der Waals surface area contributed by atoms with E-state index in [-0.39, 0.29) is 10.3 Å². The van der Waals surface area contributed by atoms with Crippen molar-refractivity contribution in [2.24, 2.45) is 16.5 Å². The van der Waals surface area contributed by atoms with Gasteiger partial charge in [-0.05, 0) is 35.1 Å². The normalized spacial score (nSPS) is 22.2. The van der Waals surface area contributed by atoms with Gasteiger partial charge in [-0.1, -0.05) is 37.6 Å². The number of hydrogen-bond acceptors (Lipinski definition) is 4. The largest absolute Gasteiger partial charge is 0.477 e. The highest BCUT2D eigenvalue weighted by Crippen LogP contribution is 2.64. The van der Waals surface area contributed by atoms with Gasteiger partial charge in [0.1, 0.15) is 0 Å². The van der Waals surface area contributed by atoms with E-state index in [1.165, 1.54) is 0 Å². The highest BCUT2D eigenvalue weighted by molar-refractivity contribution is 7.89. The van der Waals surface area contributed by atoms with Gasteiger partial charge in [-0.2, -0.15) is 0 Å². The van der Waals surface area contributed by atoms with Crippen LogP contribution >= 0.6 is 11.6 Å². The van der Waals surface area contributed by atoms with Gasteiger partial charge in [-0.25, -0.2) is 18.5 Å². The number of ether oxygens (including phenoxy) is 1. The molecule has 1 fully saturated rings. The molecule has 1 aromatic carbocycles. The summed E-state index contributed by atoms with van der Waals surface area (Å²) in [5.74, 6) is 1.18. The predicted octanol–water partition coefficient (Wildman–Crippen LogP) is 3.20. The Hall–Kier alpha value is -1.63. The maximum absolute atomic E-state index is 11.3. The molecule has 7 heteroatoms. The molecule has 0 spiro atoms. The summed E-state index contributed by atoms with van der Waals surface area (Å²) in [4.78, 5) is 4.26. The molecule has 0 bridgehead atoms. The number of sulfonamides is 1. The van der Waals surface area contributed by atoms with Crippen molar-refractivity contribution in [2.45, 2.75) is 24.7 Å². The van der Waals surface area contributed by atoms with Crippen molar-refractivity contribution in [3.05, 3.63) is 53.2 Å². The van der Waals surface area contributed by atoms with Crippen molar-refractivity contribution in [1.82, 2.24) is 4.98 Å². The Morgan fingerprint density at radius 1 is 1.21 bits per heavy atom. The molecule has 1 saturated carbocycles. The predicted molar refractivity (Wildman–Crippen MR) is 92.6 cm³/mol. The first-order valence-electron chi connectivity index (χ1n) is 7.57. The van der Waals surface area contributed by atoms with Crippen molar-refractivity contribution < 1.29 is 13.2 Å². The van der Waals surface area contributed by atoms with Gasteiger partial charge in [0, 0.05) is 18.2 Å². The molecule has 1 aliphatic rings. The van der Waals surface area contributed by atoms with Gasteiger partial charge in [0.2, 0.25) is 15.9 Å². The SMILES string of the molecule is CC1(C)[C@H](COc2ccc(Cl)cn2)[C@H]1c1ccc(S(N)(=O)=O)cc1. The van der Waals surface area contributed by atoms with Crippen molar-refractivity contribution >= 4 is 21.6 Å². The summed E-state index contributed by atoms with van der Waals surface area (Å²) in [7, 11) is -3.66. The second kappa shape index (κ2) is 6.02. The van der Waals surface area contributed by atoms with Crippen LogP contribution in [0, 0.1) is 11.3 Å². The third kappa shape index (κ3) is 3.41. The van der Waals surface area contributed by atoms with E-state index in [0.717, 1.165) is 5.56 Å².